The molecule has 20 heavy (non-hydrogen) atoms. The predicted octanol–water partition coefficient (Wildman–Crippen LogP) is 3.43. The van der Waals surface area contributed by atoms with Crippen LogP contribution in [0, 0.1) is 0 Å². The fourth-order valence-electron chi connectivity index (χ4n) is 3.46. The fourth-order valence-corrected chi connectivity index (χ4v) is 3.46. The lowest BCUT2D eigenvalue weighted by Gasteiger charge is -2.41. The third-order valence-corrected chi connectivity index (χ3v) is 4.66. The Bertz CT molecular complexity index is 368. The highest BCUT2D eigenvalue weighted by atomic mass is 15.1. The SMILES string of the molecule is CCCCCN(C)CC1(c2ccccc2)CCNCC1. The van der Waals surface area contributed by atoms with Gasteiger partial charge in [0.2, 0.25) is 0 Å². The molecule has 1 fully saturated rings. The summed E-state index contributed by atoms with van der Waals surface area (Å²) < 4.78 is 0. The van der Waals surface area contributed by atoms with Crippen molar-refractivity contribution >= 4 is 0 Å². The maximum Gasteiger partial charge on any atom is 0.0104 e. The summed E-state index contributed by atoms with van der Waals surface area (Å²) in [4.78, 5) is 2.55. The maximum absolute atomic E-state index is 3.52. The molecule has 2 nitrogen and oxygen atoms in total. The average Bonchev–Trinajstić information content (AvgIpc) is 2.49. The van der Waals surface area contributed by atoms with Crippen molar-refractivity contribution in [1.82, 2.24) is 10.2 Å². The smallest absolute Gasteiger partial charge is 0.0104 e. The second kappa shape index (κ2) is 7.80. The number of unbranched alkanes of at least 4 members (excludes halogenated alkanes) is 2. The van der Waals surface area contributed by atoms with E-state index in [9.17, 15) is 0 Å². The third-order valence-electron chi connectivity index (χ3n) is 4.66. The summed E-state index contributed by atoms with van der Waals surface area (Å²) in [6.07, 6.45) is 6.51. The molecular formula is C18H30N2. The van der Waals surface area contributed by atoms with Crippen LogP contribution in [0.15, 0.2) is 30.3 Å². The van der Waals surface area contributed by atoms with Crippen LogP contribution >= 0.6 is 0 Å². The van der Waals surface area contributed by atoms with Gasteiger partial charge in [0.05, 0.1) is 0 Å². The first kappa shape index (κ1) is 15.5. The summed E-state index contributed by atoms with van der Waals surface area (Å²) in [6, 6.07) is 11.2. The molecule has 1 aromatic rings. The molecule has 0 spiro atoms. The summed E-state index contributed by atoms with van der Waals surface area (Å²) in [6.45, 7) is 7.01. The maximum atomic E-state index is 3.52. The summed E-state index contributed by atoms with van der Waals surface area (Å²) in [5.41, 5.74) is 1.89. The number of rotatable bonds is 7. The topological polar surface area (TPSA) is 15.3 Å². The largest absolute Gasteiger partial charge is 0.317 e. The number of hydrogen-bond donors (Lipinski definition) is 1. The lowest BCUT2D eigenvalue weighted by Crippen LogP contribution is -2.47. The Kier molecular flexibility index (Phi) is 6.06. The zero-order chi connectivity index (χ0) is 14.3. The fraction of sp³-hybridized carbons (Fsp3) is 0.667. The summed E-state index contributed by atoms with van der Waals surface area (Å²) >= 11 is 0. The van der Waals surface area contributed by atoms with Gasteiger partial charge in [-0.05, 0) is 51.5 Å². The van der Waals surface area contributed by atoms with Crippen LogP contribution in [0.1, 0.15) is 44.6 Å². The minimum absolute atomic E-state index is 0.355. The quantitative estimate of drug-likeness (QED) is 0.766. The lowest BCUT2D eigenvalue weighted by atomic mass is 9.73. The van der Waals surface area contributed by atoms with E-state index in [0.29, 0.717) is 5.41 Å². The van der Waals surface area contributed by atoms with E-state index in [1.165, 1.54) is 50.8 Å². The van der Waals surface area contributed by atoms with Crippen molar-refractivity contribution in [2.75, 3.05) is 33.2 Å². The normalized spacial score (nSPS) is 18.4. The molecule has 0 radical (unpaired) electrons. The third kappa shape index (κ3) is 4.07. The van der Waals surface area contributed by atoms with Crippen molar-refractivity contribution in [2.24, 2.45) is 0 Å². The van der Waals surface area contributed by atoms with Gasteiger partial charge >= 0.3 is 0 Å². The number of hydrogen-bond acceptors (Lipinski definition) is 2. The van der Waals surface area contributed by atoms with E-state index in [1.807, 2.05) is 0 Å². The number of nitrogens with one attached hydrogen (secondary N) is 1. The predicted molar refractivity (Wildman–Crippen MR) is 87.2 cm³/mol. The molecule has 2 rings (SSSR count). The molecule has 1 heterocycles. The Morgan fingerprint density at radius 3 is 2.45 bits per heavy atom. The van der Waals surface area contributed by atoms with Crippen molar-refractivity contribution in [2.45, 2.75) is 44.4 Å². The van der Waals surface area contributed by atoms with E-state index < -0.39 is 0 Å². The molecule has 112 valence electrons. The standard InChI is InChI=1S/C18H30N2/c1-3-4-8-15-20(2)16-18(11-13-19-14-12-18)17-9-6-5-7-10-17/h5-7,9-10,19H,3-4,8,11-16H2,1-2H3. The summed E-state index contributed by atoms with van der Waals surface area (Å²) in [5.74, 6) is 0. The number of benzene rings is 1. The lowest BCUT2D eigenvalue weighted by molar-refractivity contribution is 0.198. The Balaban J connectivity index is 2.04. The first-order valence-corrected chi connectivity index (χ1v) is 8.22. The molecule has 0 aromatic heterocycles. The van der Waals surface area contributed by atoms with Crippen LogP contribution in [0.2, 0.25) is 0 Å². The first-order valence-electron chi connectivity index (χ1n) is 8.22. The molecule has 1 saturated heterocycles. The van der Waals surface area contributed by atoms with Gasteiger partial charge in [-0.25, -0.2) is 0 Å². The molecule has 0 aliphatic carbocycles. The zero-order valence-corrected chi connectivity index (χ0v) is 13.2. The molecular weight excluding hydrogens is 244 g/mol. The number of piperidine rings is 1. The van der Waals surface area contributed by atoms with Gasteiger partial charge in [-0.1, -0.05) is 50.1 Å². The van der Waals surface area contributed by atoms with Gasteiger partial charge in [0.1, 0.15) is 0 Å². The molecule has 0 unspecified atom stereocenters. The molecule has 1 aliphatic heterocycles. The minimum atomic E-state index is 0.355. The van der Waals surface area contributed by atoms with Crippen molar-refractivity contribution in [3.63, 3.8) is 0 Å². The molecule has 1 aliphatic rings. The van der Waals surface area contributed by atoms with Gasteiger partial charge in [-0.2, -0.15) is 0 Å². The first-order chi connectivity index (χ1) is 9.77. The number of nitrogens with zero attached hydrogens (tertiary/aromatic N) is 1. The van der Waals surface area contributed by atoms with Crippen LogP contribution in [0.3, 0.4) is 0 Å². The van der Waals surface area contributed by atoms with E-state index in [2.05, 4.69) is 54.5 Å². The monoisotopic (exact) mass is 274 g/mol. The van der Waals surface area contributed by atoms with Gasteiger partial charge in [-0.15, -0.1) is 0 Å². The van der Waals surface area contributed by atoms with Crippen molar-refractivity contribution in [3.8, 4) is 0 Å². The molecule has 1 aromatic carbocycles. The van der Waals surface area contributed by atoms with Crippen LogP contribution in [0.5, 0.6) is 0 Å². The highest BCUT2D eigenvalue weighted by Gasteiger charge is 2.34. The van der Waals surface area contributed by atoms with Crippen LogP contribution < -0.4 is 5.32 Å². The van der Waals surface area contributed by atoms with E-state index >= 15 is 0 Å². The molecule has 0 bridgehead atoms. The summed E-state index contributed by atoms with van der Waals surface area (Å²) in [7, 11) is 2.29. The number of likely N-dealkylation sites (N-methyl/N-ethyl adjacent to an activating group) is 1. The van der Waals surface area contributed by atoms with Crippen LogP contribution in [-0.2, 0) is 5.41 Å². The Morgan fingerprint density at radius 1 is 1.10 bits per heavy atom. The van der Waals surface area contributed by atoms with Gasteiger partial charge in [0.25, 0.3) is 0 Å². The van der Waals surface area contributed by atoms with Gasteiger partial charge in [-0.3, -0.25) is 0 Å². The van der Waals surface area contributed by atoms with Gasteiger partial charge in [0.15, 0.2) is 0 Å². The van der Waals surface area contributed by atoms with E-state index in [-0.39, 0.29) is 0 Å². The highest BCUT2D eigenvalue weighted by molar-refractivity contribution is 5.27. The highest BCUT2D eigenvalue weighted by Crippen LogP contribution is 2.34. The minimum Gasteiger partial charge on any atom is -0.317 e. The van der Waals surface area contributed by atoms with Gasteiger partial charge in [0, 0.05) is 12.0 Å². The molecule has 2 heteroatoms. The van der Waals surface area contributed by atoms with Crippen LogP contribution in [-0.4, -0.2) is 38.1 Å². The van der Waals surface area contributed by atoms with E-state index in [1.54, 1.807) is 0 Å². The van der Waals surface area contributed by atoms with E-state index in [4.69, 9.17) is 0 Å². The zero-order valence-electron chi connectivity index (χ0n) is 13.2. The van der Waals surface area contributed by atoms with Crippen molar-refractivity contribution < 1.29 is 0 Å². The molecule has 0 saturated carbocycles. The second-order valence-corrected chi connectivity index (χ2v) is 6.34. The van der Waals surface area contributed by atoms with Crippen molar-refractivity contribution in [3.05, 3.63) is 35.9 Å². The van der Waals surface area contributed by atoms with E-state index in [0.717, 1.165) is 13.1 Å². The molecule has 0 amide bonds. The Morgan fingerprint density at radius 2 is 1.80 bits per heavy atom. The second-order valence-electron chi connectivity index (χ2n) is 6.34. The van der Waals surface area contributed by atoms with Crippen LogP contribution in [0.4, 0.5) is 0 Å². The average molecular weight is 274 g/mol. The van der Waals surface area contributed by atoms with Crippen molar-refractivity contribution in [1.29, 1.82) is 0 Å². The Hall–Kier alpha value is -0.860. The van der Waals surface area contributed by atoms with Crippen LogP contribution in [0.25, 0.3) is 0 Å². The van der Waals surface area contributed by atoms with Gasteiger partial charge < -0.3 is 10.2 Å². The molecule has 0 atom stereocenters. The Labute approximate surface area is 124 Å². The molecule has 1 N–H and O–H groups in total. The summed E-state index contributed by atoms with van der Waals surface area (Å²) in [5, 5.41) is 3.52.